The lowest BCUT2D eigenvalue weighted by Crippen LogP contribution is -2.27. The third kappa shape index (κ3) is 7.47. The van der Waals surface area contributed by atoms with E-state index in [9.17, 15) is 25.5 Å². The minimum absolute atomic E-state index is 0.0284. The van der Waals surface area contributed by atoms with Gasteiger partial charge in [-0.25, -0.2) is 0 Å². The van der Waals surface area contributed by atoms with Crippen molar-refractivity contribution in [2.75, 3.05) is 25.9 Å². The van der Waals surface area contributed by atoms with Crippen LogP contribution >= 0.6 is 0 Å². The molecule has 0 saturated carbocycles. The van der Waals surface area contributed by atoms with Crippen molar-refractivity contribution < 1.29 is 30.2 Å². The van der Waals surface area contributed by atoms with Crippen LogP contribution < -0.4 is 4.74 Å². The maximum atomic E-state index is 12.7. The third-order valence-corrected chi connectivity index (χ3v) is 4.79. The van der Waals surface area contributed by atoms with Crippen molar-refractivity contribution in [1.29, 1.82) is 0 Å². The Kier molecular flexibility index (Phi) is 7.42. The fourth-order valence-electron chi connectivity index (χ4n) is 2.56. The molecule has 28 heavy (non-hydrogen) atoms. The Bertz CT molecular complexity index is 840. The van der Waals surface area contributed by atoms with Gasteiger partial charge in [-0.05, 0) is 36.9 Å². The highest BCUT2D eigenvalue weighted by atomic mass is 32.3. The molecule has 2 rings (SSSR count). The molecule has 9 heteroatoms. The molecule has 2 aromatic carbocycles. The van der Waals surface area contributed by atoms with Gasteiger partial charge in [0.25, 0.3) is 0 Å². The van der Waals surface area contributed by atoms with Crippen LogP contribution in [0.2, 0.25) is 0 Å². The molecule has 0 heterocycles. The molecule has 0 fully saturated rings. The Labute approximate surface area is 161 Å². The lowest BCUT2D eigenvalue weighted by atomic mass is 10.1. The monoisotopic (exact) mass is 419 g/mol. The van der Waals surface area contributed by atoms with E-state index in [4.69, 9.17) is 4.74 Å². The van der Waals surface area contributed by atoms with Crippen molar-refractivity contribution in [3.05, 3.63) is 65.7 Å². The second kappa shape index (κ2) is 9.38. The van der Waals surface area contributed by atoms with Crippen LogP contribution in [-0.4, -0.2) is 39.2 Å². The normalized spacial score (nSPS) is 13.5. The summed E-state index contributed by atoms with van der Waals surface area (Å²) in [6, 6.07) is 13.6. The van der Waals surface area contributed by atoms with Gasteiger partial charge in [-0.2, -0.15) is 21.6 Å². The molecular weight excluding hydrogens is 398 g/mol. The third-order valence-electron chi connectivity index (χ3n) is 4.12. The van der Waals surface area contributed by atoms with Crippen molar-refractivity contribution in [3.63, 3.8) is 0 Å². The smallest absolute Gasteiger partial charge is 0.416 e. The van der Waals surface area contributed by atoms with Gasteiger partial charge in [0.15, 0.2) is 0 Å². The topological polar surface area (TPSA) is 46.6 Å². The highest BCUT2D eigenvalue weighted by Crippen LogP contribution is 2.32. The minimum Gasteiger partial charge on any atom is -0.486 e. The van der Waals surface area contributed by atoms with E-state index in [-0.39, 0.29) is 12.3 Å². The quantitative estimate of drug-likeness (QED) is 0.445. The molecule has 0 aliphatic heterocycles. The summed E-state index contributed by atoms with van der Waals surface area (Å²) < 4.78 is 77.9. The number of nitrogens with zero attached hydrogens (tertiary/aromatic N) is 1. The number of hydrogen-bond acceptors (Lipinski definition) is 4. The Hall–Kier alpha value is -2.13. The van der Waals surface area contributed by atoms with Crippen molar-refractivity contribution in [2.45, 2.75) is 18.7 Å². The SMILES string of the molecule is CN(CCC(Oc1ccc(C(F)(F)F)cc1)c1ccccc1)CCS(=O)(=O)F. The molecule has 0 aliphatic carbocycles. The van der Waals surface area contributed by atoms with Gasteiger partial charge in [0.2, 0.25) is 0 Å². The lowest BCUT2D eigenvalue weighted by molar-refractivity contribution is -0.137. The van der Waals surface area contributed by atoms with Gasteiger partial charge >= 0.3 is 16.4 Å². The number of benzene rings is 2. The zero-order chi connectivity index (χ0) is 20.8. The Balaban J connectivity index is 2.06. The molecular formula is C19H21F4NO3S. The predicted molar refractivity (Wildman–Crippen MR) is 98.3 cm³/mol. The van der Waals surface area contributed by atoms with Crippen molar-refractivity contribution in [1.82, 2.24) is 4.90 Å². The maximum Gasteiger partial charge on any atom is 0.416 e. The van der Waals surface area contributed by atoms with E-state index in [1.165, 1.54) is 12.1 Å². The molecule has 0 amide bonds. The molecule has 0 saturated heterocycles. The number of alkyl halides is 3. The molecule has 0 aliphatic rings. The first-order chi connectivity index (χ1) is 13.0. The summed E-state index contributed by atoms with van der Waals surface area (Å²) in [6.45, 7) is 0.441. The molecule has 1 unspecified atom stereocenters. The standard InChI is InChI=1S/C19H21F4NO3S/c1-24(13-14-28(23,25)26)12-11-18(15-5-3-2-4-6-15)27-17-9-7-16(8-10-17)19(20,21)22/h2-10,18H,11-14H2,1H3. The van der Waals surface area contributed by atoms with Crippen molar-refractivity contribution in [3.8, 4) is 5.75 Å². The molecule has 2 aromatic rings. The minimum atomic E-state index is -4.54. The second-order valence-electron chi connectivity index (χ2n) is 6.37. The maximum absolute atomic E-state index is 12.7. The van der Waals surface area contributed by atoms with E-state index < -0.39 is 33.8 Å². The van der Waals surface area contributed by atoms with E-state index in [0.717, 1.165) is 17.7 Å². The summed E-state index contributed by atoms with van der Waals surface area (Å²) >= 11 is 0. The van der Waals surface area contributed by atoms with E-state index in [0.29, 0.717) is 13.0 Å². The number of hydrogen-bond donors (Lipinski definition) is 0. The summed E-state index contributed by atoms with van der Waals surface area (Å²) in [5, 5.41) is 0. The van der Waals surface area contributed by atoms with E-state index >= 15 is 0 Å². The van der Waals surface area contributed by atoms with Crippen molar-refractivity contribution in [2.24, 2.45) is 0 Å². The number of ether oxygens (including phenoxy) is 1. The summed E-state index contributed by atoms with van der Waals surface area (Å²) in [4.78, 5) is 1.66. The van der Waals surface area contributed by atoms with Gasteiger partial charge in [0.1, 0.15) is 11.9 Å². The Morgan fingerprint density at radius 3 is 2.14 bits per heavy atom. The van der Waals surface area contributed by atoms with Crippen LogP contribution in [0.4, 0.5) is 17.1 Å². The molecule has 0 radical (unpaired) electrons. The molecule has 0 N–H and O–H groups in total. The first kappa shape index (κ1) is 22.2. The van der Waals surface area contributed by atoms with Crippen molar-refractivity contribution >= 4 is 10.2 Å². The van der Waals surface area contributed by atoms with Gasteiger partial charge < -0.3 is 9.64 Å². The van der Waals surface area contributed by atoms with Gasteiger partial charge in [-0.15, -0.1) is 3.89 Å². The van der Waals surface area contributed by atoms with E-state index in [1.807, 2.05) is 30.3 Å². The molecule has 0 spiro atoms. The number of halogens is 4. The fraction of sp³-hybridized carbons (Fsp3) is 0.368. The van der Waals surface area contributed by atoms with Gasteiger partial charge in [-0.1, -0.05) is 30.3 Å². The zero-order valence-corrected chi connectivity index (χ0v) is 16.0. The lowest BCUT2D eigenvalue weighted by Gasteiger charge is -2.23. The summed E-state index contributed by atoms with van der Waals surface area (Å²) in [5.41, 5.74) is 0.0668. The highest BCUT2D eigenvalue weighted by molar-refractivity contribution is 7.86. The fourth-order valence-corrected chi connectivity index (χ4v) is 3.09. The van der Waals surface area contributed by atoms with Gasteiger partial charge in [-0.3, -0.25) is 0 Å². The molecule has 0 aromatic heterocycles. The van der Waals surface area contributed by atoms with Crippen LogP contribution in [0.25, 0.3) is 0 Å². The largest absolute Gasteiger partial charge is 0.486 e. The van der Waals surface area contributed by atoms with E-state index in [1.54, 1.807) is 11.9 Å². The molecule has 0 bridgehead atoms. The van der Waals surface area contributed by atoms with Crippen LogP contribution in [0.1, 0.15) is 23.7 Å². The average Bonchev–Trinajstić information content (AvgIpc) is 2.63. The van der Waals surface area contributed by atoms with Crippen LogP contribution in [-0.2, 0) is 16.4 Å². The van der Waals surface area contributed by atoms with Gasteiger partial charge in [0.05, 0.1) is 11.3 Å². The highest BCUT2D eigenvalue weighted by Gasteiger charge is 2.30. The summed E-state index contributed by atoms with van der Waals surface area (Å²) in [5.74, 6) is -0.310. The van der Waals surface area contributed by atoms with Crippen LogP contribution in [0.3, 0.4) is 0 Å². The predicted octanol–water partition coefficient (Wildman–Crippen LogP) is 4.45. The zero-order valence-electron chi connectivity index (χ0n) is 15.2. The Morgan fingerprint density at radius 2 is 1.61 bits per heavy atom. The van der Waals surface area contributed by atoms with E-state index in [2.05, 4.69) is 0 Å². The van der Waals surface area contributed by atoms with Crippen LogP contribution in [0.15, 0.2) is 54.6 Å². The first-order valence-corrected chi connectivity index (χ1v) is 10.1. The molecule has 1 atom stereocenters. The van der Waals surface area contributed by atoms with Crippen LogP contribution in [0.5, 0.6) is 5.75 Å². The molecule has 4 nitrogen and oxygen atoms in total. The average molecular weight is 419 g/mol. The van der Waals surface area contributed by atoms with Gasteiger partial charge in [0, 0.05) is 19.5 Å². The summed E-state index contributed by atoms with van der Waals surface area (Å²) in [7, 11) is -2.88. The second-order valence-corrected chi connectivity index (χ2v) is 7.86. The number of rotatable bonds is 9. The first-order valence-electron chi connectivity index (χ1n) is 8.54. The molecule has 154 valence electrons. The van der Waals surface area contributed by atoms with Crippen LogP contribution in [0, 0.1) is 0 Å². The Morgan fingerprint density at radius 1 is 1.00 bits per heavy atom. The summed E-state index contributed by atoms with van der Waals surface area (Å²) in [6.07, 6.45) is -4.44.